The summed E-state index contributed by atoms with van der Waals surface area (Å²) in [7, 11) is 2.94. The normalized spacial score (nSPS) is 32.4. The summed E-state index contributed by atoms with van der Waals surface area (Å²) in [6.45, 7) is 2.54. The van der Waals surface area contributed by atoms with Crippen LogP contribution in [0.4, 0.5) is 4.79 Å². The molecule has 2 atom stereocenters. The minimum Gasteiger partial charge on any atom is -0.453 e. The SMILES string of the molecule is COC(=O)N[C@@]1(C)CCO[C@H](OC)C1. The summed E-state index contributed by atoms with van der Waals surface area (Å²) < 4.78 is 15.0. The zero-order valence-corrected chi connectivity index (χ0v) is 8.83. The quantitative estimate of drug-likeness (QED) is 0.724. The van der Waals surface area contributed by atoms with E-state index in [2.05, 4.69) is 10.1 Å². The number of rotatable bonds is 2. The highest BCUT2D eigenvalue weighted by atomic mass is 16.7. The van der Waals surface area contributed by atoms with Crippen LogP contribution in [-0.2, 0) is 14.2 Å². The molecule has 0 aliphatic carbocycles. The topological polar surface area (TPSA) is 56.8 Å². The molecule has 1 rings (SSSR count). The van der Waals surface area contributed by atoms with E-state index in [1.807, 2.05) is 6.92 Å². The Bertz CT molecular complexity index is 209. The third kappa shape index (κ3) is 2.85. The fourth-order valence-electron chi connectivity index (χ4n) is 1.51. The van der Waals surface area contributed by atoms with Crippen molar-refractivity contribution in [2.45, 2.75) is 31.6 Å². The molecule has 1 amide bonds. The second-order valence-electron chi connectivity index (χ2n) is 3.67. The molecule has 82 valence electrons. The van der Waals surface area contributed by atoms with E-state index in [4.69, 9.17) is 9.47 Å². The Hall–Kier alpha value is -0.810. The lowest BCUT2D eigenvalue weighted by Crippen LogP contribution is -2.52. The van der Waals surface area contributed by atoms with Crippen LogP contribution in [0.3, 0.4) is 0 Å². The monoisotopic (exact) mass is 203 g/mol. The first-order chi connectivity index (χ1) is 6.59. The van der Waals surface area contributed by atoms with Gasteiger partial charge in [-0.05, 0) is 13.3 Å². The highest BCUT2D eigenvalue weighted by molar-refractivity contribution is 5.68. The van der Waals surface area contributed by atoms with Crippen molar-refractivity contribution in [3.05, 3.63) is 0 Å². The van der Waals surface area contributed by atoms with Crippen molar-refractivity contribution < 1.29 is 19.0 Å². The molecule has 0 aromatic rings. The lowest BCUT2D eigenvalue weighted by molar-refractivity contribution is -0.163. The van der Waals surface area contributed by atoms with Gasteiger partial charge in [-0.1, -0.05) is 0 Å². The Balaban J connectivity index is 2.50. The van der Waals surface area contributed by atoms with Crippen LogP contribution in [0.15, 0.2) is 0 Å². The third-order valence-corrected chi connectivity index (χ3v) is 2.43. The van der Waals surface area contributed by atoms with Gasteiger partial charge in [-0.15, -0.1) is 0 Å². The molecule has 1 saturated heterocycles. The first kappa shape index (κ1) is 11.3. The molecule has 0 saturated carbocycles. The molecule has 1 aliphatic heterocycles. The summed E-state index contributed by atoms with van der Waals surface area (Å²) in [6, 6.07) is 0. The highest BCUT2D eigenvalue weighted by Crippen LogP contribution is 2.24. The van der Waals surface area contributed by atoms with E-state index in [1.54, 1.807) is 7.11 Å². The van der Waals surface area contributed by atoms with Crippen LogP contribution < -0.4 is 5.32 Å². The fraction of sp³-hybridized carbons (Fsp3) is 0.889. The highest BCUT2D eigenvalue weighted by Gasteiger charge is 2.34. The molecule has 1 fully saturated rings. The summed E-state index contributed by atoms with van der Waals surface area (Å²) in [5.74, 6) is 0. The largest absolute Gasteiger partial charge is 0.453 e. The molecule has 1 N–H and O–H groups in total. The van der Waals surface area contributed by atoms with Crippen LogP contribution in [0.1, 0.15) is 19.8 Å². The predicted molar refractivity (Wildman–Crippen MR) is 49.9 cm³/mol. The molecule has 5 heteroatoms. The number of hydrogen-bond acceptors (Lipinski definition) is 4. The molecule has 1 aliphatic rings. The minimum absolute atomic E-state index is 0.245. The lowest BCUT2D eigenvalue weighted by Gasteiger charge is -2.37. The number of alkyl carbamates (subject to hydrolysis) is 1. The Morgan fingerprint density at radius 2 is 2.29 bits per heavy atom. The van der Waals surface area contributed by atoms with Gasteiger partial charge in [0.2, 0.25) is 0 Å². The molecule has 14 heavy (non-hydrogen) atoms. The van der Waals surface area contributed by atoms with Crippen molar-refractivity contribution in [2.24, 2.45) is 0 Å². The molecule has 0 bridgehead atoms. The van der Waals surface area contributed by atoms with Crippen molar-refractivity contribution >= 4 is 6.09 Å². The summed E-state index contributed by atoms with van der Waals surface area (Å²) >= 11 is 0. The average molecular weight is 203 g/mol. The van der Waals surface area contributed by atoms with Crippen LogP contribution in [0.2, 0.25) is 0 Å². The minimum atomic E-state index is -0.413. The zero-order valence-electron chi connectivity index (χ0n) is 8.83. The number of carbonyl (C=O) groups is 1. The second-order valence-corrected chi connectivity index (χ2v) is 3.67. The zero-order chi connectivity index (χ0) is 10.6. The van der Waals surface area contributed by atoms with Gasteiger partial charge in [0.05, 0.1) is 13.7 Å². The Morgan fingerprint density at radius 1 is 1.57 bits per heavy atom. The van der Waals surface area contributed by atoms with Gasteiger partial charge in [-0.25, -0.2) is 4.79 Å². The van der Waals surface area contributed by atoms with Crippen LogP contribution >= 0.6 is 0 Å². The number of carbonyl (C=O) groups excluding carboxylic acids is 1. The Kier molecular flexibility index (Phi) is 3.71. The van der Waals surface area contributed by atoms with E-state index < -0.39 is 6.09 Å². The van der Waals surface area contributed by atoms with Crippen molar-refractivity contribution in [2.75, 3.05) is 20.8 Å². The summed E-state index contributed by atoms with van der Waals surface area (Å²) in [6.07, 6.45) is 0.746. The third-order valence-electron chi connectivity index (χ3n) is 2.43. The summed E-state index contributed by atoms with van der Waals surface area (Å²) in [5.41, 5.74) is -0.300. The van der Waals surface area contributed by atoms with E-state index in [-0.39, 0.29) is 11.8 Å². The van der Waals surface area contributed by atoms with Gasteiger partial charge >= 0.3 is 6.09 Å². The van der Waals surface area contributed by atoms with Gasteiger partial charge < -0.3 is 19.5 Å². The van der Waals surface area contributed by atoms with Crippen molar-refractivity contribution in [3.8, 4) is 0 Å². The predicted octanol–water partition coefficient (Wildman–Crippen LogP) is 0.884. The average Bonchev–Trinajstić information content (AvgIpc) is 2.17. The molecule has 0 spiro atoms. The van der Waals surface area contributed by atoms with Crippen molar-refractivity contribution in [1.82, 2.24) is 5.32 Å². The first-order valence-corrected chi connectivity index (χ1v) is 4.60. The first-order valence-electron chi connectivity index (χ1n) is 4.60. The Morgan fingerprint density at radius 3 is 2.86 bits per heavy atom. The number of nitrogens with one attached hydrogen (secondary N) is 1. The van der Waals surface area contributed by atoms with Crippen LogP contribution in [-0.4, -0.2) is 38.7 Å². The molecule has 0 unspecified atom stereocenters. The van der Waals surface area contributed by atoms with Crippen LogP contribution in [0.25, 0.3) is 0 Å². The van der Waals surface area contributed by atoms with Gasteiger partial charge in [-0.2, -0.15) is 0 Å². The van der Waals surface area contributed by atoms with Gasteiger partial charge in [0, 0.05) is 19.1 Å². The maximum atomic E-state index is 11.1. The van der Waals surface area contributed by atoms with Gasteiger partial charge in [-0.3, -0.25) is 0 Å². The smallest absolute Gasteiger partial charge is 0.407 e. The fourth-order valence-corrected chi connectivity index (χ4v) is 1.51. The second kappa shape index (κ2) is 4.61. The molecule has 0 aromatic heterocycles. The number of ether oxygens (including phenoxy) is 3. The molecule has 0 radical (unpaired) electrons. The molecular weight excluding hydrogens is 186 g/mol. The molecule has 0 aromatic carbocycles. The molecule has 1 heterocycles. The van der Waals surface area contributed by atoms with Gasteiger partial charge in [0.1, 0.15) is 0 Å². The standard InChI is InChI=1S/C9H17NO4/c1-9(10-8(11)13-3)4-5-14-7(6-9)12-2/h7H,4-6H2,1-3H3,(H,10,11)/t7-,9-/m0/s1. The van der Waals surface area contributed by atoms with Gasteiger partial charge in [0.25, 0.3) is 0 Å². The summed E-state index contributed by atoms with van der Waals surface area (Å²) in [5, 5.41) is 2.79. The maximum Gasteiger partial charge on any atom is 0.407 e. The number of hydrogen-bond donors (Lipinski definition) is 1. The van der Waals surface area contributed by atoms with Crippen molar-refractivity contribution in [3.63, 3.8) is 0 Å². The van der Waals surface area contributed by atoms with E-state index >= 15 is 0 Å². The number of methoxy groups -OCH3 is 2. The Labute approximate surface area is 83.7 Å². The van der Waals surface area contributed by atoms with E-state index in [0.29, 0.717) is 13.0 Å². The van der Waals surface area contributed by atoms with Gasteiger partial charge in [0.15, 0.2) is 6.29 Å². The van der Waals surface area contributed by atoms with Crippen LogP contribution in [0, 0.1) is 0 Å². The summed E-state index contributed by atoms with van der Waals surface area (Å²) in [4.78, 5) is 11.1. The van der Waals surface area contributed by atoms with Crippen LogP contribution in [0.5, 0.6) is 0 Å². The van der Waals surface area contributed by atoms with E-state index in [9.17, 15) is 4.79 Å². The van der Waals surface area contributed by atoms with E-state index in [1.165, 1.54) is 7.11 Å². The van der Waals surface area contributed by atoms with Crippen molar-refractivity contribution in [1.29, 1.82) is 0 Å². The van der Waals surface area contributed by atoms with E-state index in [0.717, 1.165) is 6.42 Å². The lowest BCUT2D eigenvalue weighted by atomic mass is 9.92. The number of amides is 1. The molecular formula is C9H17NO4. The molecule has 5 nitrogen and oxygen atoms in total. The maximum absolute atomic E-state index is 11.1.